The molecule has 2 atom stereocenters. The molecule has 112 valence electrons. The summed E-state index contributed by atoms with van der Waals surface area (Å²) in [5.41, 5.74) is 0. The maximum Gasteiger partial charge on any atom is 0.401 e. The number of aliphatic hydroxyl groups is 1. The van der Waals surface area contributed by atoms with E-state index in [-0.39, 0.29) is 5.92 Å². The third-order valence-electron chi connectivity index (χ3n) is 3.82. The Labute approximate surface area is 111 Å². The van der Waals surface area contributed by atoms with Crippen molar-refractivity contribution in [2.75, 3.05) is 52.5 Å². The number of piperazine rings is 1. The Bertz CT molecular complexity index is 275. The summed E-state index contributed by atoms with van der Waals surface area (Å²) in [5.74, 6) is 0.174. The van der Waals surface area contributed by atoms with Gasteiger partial charge in [0.05, 0.1) is 19.3 Å². The summed E-state index contributed by atoms with van der Waals surface area (Å²) < 4.78 is 42.0. The highest BCUT2D eigenvalue weighted by molar-refractivity contribution is 4.80. The standard InChI is InChI=1S/C12H21F3N2O2/c13-12(14,15)9-17-4-2-16(3-5-17)7-11(18)10-1-6-19-8-10/h10-11,18H,1-9H2. The number of β-amino-alcohol motifs (C(OH)–C–C–N with tert-alkyl or cyclic N) is 1. The zero-order valence-electron chi connectivity index (χ0n) is 10.9. The second-order valence-corrected chi connectivity index (χ2v) is 5.38. The van der Waals surface area contributed by atoms with Crippen LogP contribution in [0, 0.1) is 5.92 Å². The molecule has 2 unspecified atom stereocenters. The van der Waals surface area contributed by atoms with Gasteiger partial charge in [-0.3, -0.25) is 9.80 Å². The Hall–Kier alpha value is -0.370. The predicted molar refractivity (Wildman–Crippen MR) is 63.9 cm³/mol. The van der Waals surface area contributed by atoms with Crippen LogP contribution in [0.4, 0.5) is 13.2 Å². The van der Waals surface area contributed by atoms with Crippen molar-refractivity contribution in [2.45, 2.75) is 18.7 Å². The van der Waals surface area contributed by atoms with Gasteiger partial charge in [-0.15, -0.1) is 0 Å². The second kappa shape index (κ2) is 6.39. The Morgan fingerprint density at radius 1 is 1.16 bits per heavy atom. The summed E-state index contributed by atoms with van der Waals surface area (Å²) in [4.78, 5) is 3.46. The number of nitrogens with zero attached hydrogens (tertiary/aromatic N) is 2. The molecule has 1 N–H and O–H groups in total. The van der Waals surface area contributed by atoms with Gasteiger partial charge in [-0.1, -0.05) is 0 Å². The highest BCUT2D eigenvalue weighted by atomic mass is 19.4. The summed E-state index contributed by atoms with van der Waals surface area (Å²) in [5, 5.41) is 10.0. The molecule has 2 saturated heterocycles. The molecule has 2 heterocycles. The van der Waals surface area contributed by atoms with E-state index in [2.05, 4.69) is 0 Å². The molecule has 2 aliphatic heterocycles. The lowest BCUT2D eigenvalue weighted by Crippen LogP contribution is -2.51. The summed E-state index contributed by atoms with van der Waals surface area (Å²) in [7, 11) is 0. The van der Waals surface area contributed by atoms with Gasteiger partial charge in [0.2, 0.25) is 0 Å². The molecular weight excluding hydrogens is 261 g/mol. The molecule has 4 nitrogen and oxygen atoms in total. The molecule has 0 saturated carbocycles. The van der Waals surface area contributed by atoms with Crippen molar-refractivity contribution in [3.05, 3.63) is 0 Å². The van der Waals surface area contributed by atoms with Crippen molar-refractivity contribution >= 4 is 0 Å². The maximum absolute atomic E-state index is 12.2. The number of hydrogen-bond acceptors (Lipinski definition) is 4. The Morgan fingerprint density at radius 3 is 2.32 bits per heavy atom. The minimum atomic E-state index is -4.12. The smallest absolute Gasteiger partial charge is 0.391 e. The maximum atomic E-state index is 12.2. The molecule has 2 rings (SSSR count). The number of hydrogen-bond donors (Lipinski definition) is 1. The summed E-state index contributed by atoms with van der Waals surface area (Å²) in [6, 6.07) is 0. The van der Waals surface area contributed by atoms with Crippen molar-refractivity contribution < 1.29 is 23.0 Å². The first kappa shape index (κ1) is 15.0. The quantitative estimate of drug-likeness (QED) is 0.817. The molecule has 0 aromatic carbocycles. The molecule has 0 aromatic rings. The molecule has 2 aliphatic rings. The van der Waals surface area contributed by atoms with Gasteiger partial charge in [0, 0.05) is 45.2 Å². The summed E-state index contributed by atoms with van der Waals surface area (Å²) in [6.45, 7) is 2.98. The van der Waals surface area contributed by atoms with Crippen LogP contribution in [0.15, 0.2) is 0 Å². The Kier molecular flexibility index (Phi) is 5.05. The van der Waals surface area contributed by atoms with Crippen molar-refractivity contribution in [2.24, 2.45) is 5.92 Å². The molecule has 0 aromatic heterocycles. The number of alkyl halides is 3. The van der Waals surface area contributed by atoms with E-state index >= 15 is 0 Å². The van der Waals surface area contributed by atoms with Crippen LogP contribution in [0.1, 0.15) is 6.42 Å². The average molecular weight is 282 g/mol. The van der Waals surface area contributed by atoms with Crippen molar-refractivity contribution in [1.29, 1.82) is 0 Å². The average Bonchev–Trinajstić information content (AvgIpc) is 2.83. The zero-order chi connectivity index (χ0) is 13.9. The van der Waals surface area contributed by atoms with Crippen LogP contribution >= 0.6 is 0 Å². The second-order valence-electron chi connectivity index (χ2n) is 5.38. The van der Waals surface area contributed by atoms with E-state index in [9.17, 15) is 18.3 Å². The molecule has 0 amide bonds. The number of halogens is 3. The van der Waals surface area contributed by atoms with Crippen LogP contribution in [0.2, 0.25) is 0 Å². The van der Waals surface area contributed by atoms with E-state index in [1.165, 1.54) is 4.90 Å². The van der Waals surface area contributed by atoms with E-state index in [0.717, 1.165) is 6.42 Å². The van der Waals surface area contributed by atoms with Gasteiger partial charge in [0.1, 0.15) is 0 Å². The minimum Gasteiger partial charge on any atom is -0.391 e. The predicted octanol–water partition coefficient (Wildman–Crippen LogP) is 0.564. The van der Waals surface area contributed by atoms with Gasteiger partial charge >= 0.3 is 6.18 Å². The highest BCUT2D eigenvalue weighted by Gasteiger charge is 2.33. The van der Waals surface area contributed by atoms with Gasteiger partial charge in [0.25, 0.3) is 0 Å². The van der Waals surface area contributed by atoms with Gasteiger partial charge in [-0.2, -0.15) is 13.2 Å². The molecule has 0 bridgehead atoms. The van der Waals surface area contributed by atoms with Crippen LogP contribution in [0.25, 0.3) is 0 Å². The van der Waals surface area contributed by atoms with Crippen molar-refractivity contribution in [3.8, 4) is 0 Å². The van der Waals surface area contributed by atoms with Crippen LogP contribution in [0.5, 0.6) is 0 Å². The highest BCUT2D eigenvalue weighted by Crippen LogP contribution is 2.20. The van der Waals surface area contributed by atoms with Crippen LogP contribution in [-0.4, -0.2) is 79.7 Å². The molecule has 2 fully saturated rings. The van der Waals surface area contributed by atoms with Crippen molar-refractivity contribution in [1.82, 2.24) is 9.80 Å². The van der Waals surface area contributed by atoms with E-state index in [1.54, 1.807) is 0 Å². The lowest BCUT2D eigenvalue weighted by atomic mass is 10.0. The first-order chi connectivity index (χ1) is 8.94. The van der Waals surface area contributed by atoms with Gasteiger partial charge in [-0.25, -0.2) is 0 Å². The SMILES string of the molecule is OC(CN1CCN(CC(F)(F)F)CC1)C1CCOC1. The van der Waals surface area contributed by atoms with Crippen LogP contribution in [0.3, 0.4) is 0 Å². The van der Waals surface area contributed by atoms with E-state index in [4.69, 9.17) is 4.74 Å². The third-order valence-corrected chi connectivity index (χ3v) is 3.82. The first-order valence-corrected chi connectivity index (χ1v) is 6.71. The lowest BCUT2D eigenvalue weighted by Gasteiger charge is -2.36. The van der Waals surface area contributed by atoms with Gasteiger partial charge < -0.3 is 9.84 Å². The molecule has 7 heteroatoms. The van der Waals surface area contributed by atoms with E-state index in [1.807, 2.05) is 4.90 Å². The molecular formula is C12H21F3N2O2. The lowest BCUT2D eigenvalue weighted by molar-refractivity contribution is -0.149. The Morgan fingerprint density at radius 2 is 1.79 bits per heavy atom. The zero-order valence-corrected chi connectivity index (χ0v) is 10.9. The normalized spacial score (nSPS) is 28.7. The topological polar surface area (TPSA) is 35.9 Å². The first-order valence-electron chi connectivity index (χ1n) is 6.71. The monoisotopic (exact) mass is 282 g/mol. The van der Waals surface area contributed by atoms with Gasteiger partial charge in [0.15, 0.2) is 0 Å². The van der Waals surface area contributed by atoms with E-state index < -0.39 is 18.8 Å². The van der Waals surface area contributed by atoms with E-state index in [0.29, 0.717) is 45.9 Å². The fourth-order valence-corrected chi connectivity index (χ4v) is 2.65. The fourth-order valence-electron chi connectivity index (χ4n) is 2.65. The molecule has 0 aliphatic carbocycles. The number of rotatable bonds is 4. The largest absolute Gasteiger partial charge is 0.401 e. The fraction of sp³-hybridized carbons (Fsp3) is 1.00. The third kappa shape index (κ3) is 4.91. The molecule has 0 radical (unpaired) electrons. The van der Waals surface area contributed by atoms with Crippen LogP contribution in [-0.2, 0) is 4.74 Å². The minimum absolute atomic E-state index is 0.174. The summed E-state index contributed by atoms with van der Waals surface area (Å²) in [6.07, 6.45) is -3.69. The number of ether oxygens (including phenoxy) is 1. The molecule has 19 heavy (non-hydrogen) atoms. The number of aliphatic hydroxyl groups excluding tert-OH is 1. The van der Waals surface area contributed by atoms with Crippen molar-refractivity contribution in [3.63, 3.8) is 0 Å². The Balaban J connectivity index is 1.68. The molecule has 0 spiro atoms. The van der Waals surface area contributed by atoms with Crippen LogP contribution < -0.4 is 0 Å². The summed E-state index contributed by atoms with van der Waals surface area (Å²) >= 11 is 0. The van der Waals surface area contributed by atoms with Gasteiger partial charge in [-0.05, 0) is 6.42 Å².